The first-order valence-electron chi connectivity index (χ1n) is 10.2. The van der Waals surface area contributed by atoms with Crippen molar-refractivity contribution >= 4 is 35.0 Å². The van der Waals surface area contributed by atoms with Crippen LogP contribution in [0.1, 0.15) is 39.2 Å². The van der Waals surface area contributed by atoms with Gasteiger partial charge in [0.05, 0.1) is 0 Å². The van der Waals surface area contributed by atoms with Crippen molar-refractivity contribution in [1.29, 1.82) is 0 Å². The molecule has 0 radical (unpaired) electrons. The van der Waals surface area contributed by atoms with E-state index in [1.165, 1.54) is 29.2 Å². The van der Waals surface area contributed by atoms with E-state index >= 15 is 0 Å². The highest BCUT2D eigenvalue weighted by atomic mass is 35.5. The first-order chi connectivity index (χ1) is 14.8. The number of ether oxygens (including phenoxy) is 1. The average molecular weight is 469 g/mol. The van der Waals surface area contributed by atoms with E-state index in [9.17, 15) is 14.0 Å². The van der Waals surface area contributed by atoms with Gasteiger partial charge in [-0.15, -0.1) is 0 Å². The molecular weight excluding hydrogens is 442 g/mol. The van der Waals surface area contributed by atoms with Crippen molar-refractivity contribution < 1.29 is 18.7 Å². The van der Waals surface area contributed by atoms with Gasteiger partial charge in [-0.3, -0.25) is 9.59 Å². The van der Waals surface area contributed by atoms with E-state index < -0.39 is 17.8 Å². The molecule has 31 heavy (non-hydrogen) atoms. The van der Waals surface area contributed by atoms with E-state index in [2.05, 4.69) is 5.32 Å². The third-order valence-corrected chi connectivity index (χ3v) is 5.66. The summed E-state index contributed by atoms with van der Waals surface area (Å²) in [5.41, 5.74) is 0.552. The van der Waals surface area contributed by atoms with Gasteiger partial charge in [0.15, 0.2) is 6.61 Å². The lowest BCUT2D eigenvalue weighted by molar-refractivity contribution is -0.143. The van der Waals surface area contributed by atoms with E-state index in [0.29, 0.717) is 27.8 Å². The fraction of sp³-hybridized carbons (Fsp3) is 0.391. The second-order valence-corrected chi connectivity index (χ2v) is 8.02. The molecule has 2 aromatic carbocycles. The minimum Gasteiger partial charge on any atom is -0.484 e. The molecule has 2 aromatic rings. The van der Waals surface area contributed by atoms with Crippen LogP contribution in [0.25, 0.3) is 0 Å². The van der Waals surface area contributed by atoms with Crippen LogP contribution in [-0.4, -0.2) is 35.4 Å². The minimum absolute atomic E-state index is 0.0298. The molecule has 168 valence electrons. The molecule has 0 heterocycles. The smallest absolute Gasteiger partial charge is 0.261 e. The SMILES string of the molecule is CC[C@@H](C)NC(=O)[C@H](CC)N(Cc1c(Cl)cccc1Cl)C(=O)COc1ccc(F)cc1. The third kappa shape index (κ3) is 7.11. The Hall–Kier alpha value is -2.31. The van der Waals surface area contributed by atoms with Gasteiger partial charge < -0.3 is 15.0 Å². The standard InChI is InChI=1S/C23H27Cl2FN2O3/c1-4-15(3)27-23(30)21(5-2)28(13-18-19(24)7-6-8-20(18)25)22(29)14-31-17-11-9-16(26)10-12-17/h6-12,15,21H,4-5,13-14H2,1-3H3,(H,27,30)/t15-,21+/m1/s1. The summed E-state index contributed by atoms with van der Waals surface area (Å²) >= 11 is 12.6. The number of carbonyl (C=O) groups excluding carboxylic acids is 2. The van der Waals surface area contributed by atoms with Crippen molar-refractivity contribution in [3.05, 3.63) is 63.9 Å². The fourth-order valence-electron chi connectivity index (χ4n) is 2.97. The Balaban J connectivity index is 2.27. The zero-order valence-corrected chi connectivity index (χ0v) is 19.3. The summed E-state index contributed by atoms with van der Waals surface area (Å²) in [4.78, 5) is 27.5. The van der Waals surface area contributed by atoms with Crippen LogP contribution in [0.4, 0.5) is 4.39 Å². The molecule has 0 aliphatic heterocycles. The molecule has 2 amide bonds. The number of hydrogen-bond donors (Lipinski definition) is 1. The first-order valence-corrected chi connectivity index (χ1v) is 10.9. The zero-order chi connectivity index (χ0) is 23.0. The highest BCUT2D eigenvalue weighted by Gasteiger charge is 2.30. The fourth-order valence-corrected chi connectivity index (χ4v) is 3.49. The molecule has 2 atom stereocenters. The molecule has 1 N–H and O–H groups in total. The topological polar surface area (TPSA) is 58.6 Å². The molecule has 0 saturated heterocycles. The third-order valence-electron chi connectivity index (χ3n) is 4.95. The van der Waals surface area contributed by atoms with Crippen LogP contribution in [0, 0.1) is 5.82 Å². The Kier molecular flexibility index (Phi) is 9.59. The van der Waals surface area contributed by atoms with Crippen molar-refractivity contribution in [3.8, 4) is 5.75 Å². The molecule has 5 nitrogen and oxygen atoms in total. The van der Waals surface area contributed by atoms with E-state index in [4.69, 9.17) is 27.9 Å². The molecule has 8 heteroatoms. The summed E-state index contributed by atoms with van der Waals surface area (Å²) in [7, 11) is 0. The van der Waals surface area contributed by atoms with Gasteiger partial charge in [-0.2, -0.15) is 0 Å². The first kappa shape index (κ1) is 25.0. The largest absolute Gasteiger partial charge is 0.484 e. The number of nitrogens with one attached hydrogen (secondary N) is 1. The van der Waals surface area contributed by atoms with Crippen molar-refractivity contribution in [1.82, 2.24) is 10.2 Å². The summed E-state index contributed by atoms with van der Waals surface area (Å²) in [6.07, 6.45) is 1.16. The van der Waals surface area contributed by atoms with Crippen LogP contribution in [0.2, 0.25) is 10.0 Å². The van der Waals surface area contributed by atoms with Crippen LogP contribution in [0.5, 0.6) is 5.75 Å². The summed E-state index contributed by atoms with van der Waals surface area (Å²) in [5, 5.41) is 3.74. The van der Waals surface area contributed by atoms with Crippen molar-refractivity contribution in [3.63, 3.8) is 0 Å². The second-order valence-electron chi connectivity index (χ2n) is 7.21. The predicted molar refractivity (Wildman–Crippen MR) is 121 cm³/mol. The monoisotopic (exact) mass is 468 g/mol. The van der Waals surface area contributed by atoms with E-state index in [0.717, 1.165) is 6.42 Å². The average Bonchev–Trinajstić information content (AvgIpc) is 2.74. The molecule has 0 aliphatic carbocycles. The van der Waals surface area contributed by atoms with Crippen LogP contribution in [-0.2, 0) is 16.1 Å². The van der Waals surface area contributed by atoms with Crippen molar-refractivity contribution in [2.45, 2.75) is 52.2 Å². The van der Waals surface area contributed by atoms with Gasteiger partial charge in [-0.05, 0) is 56.2 Å². The predicted octanol–water partition coefficient (Wildman–Crippen LogP) is 5.23. The van der Waals surface area contributed by atoms with E-state index in [-0.39, 0.29) is 25.1 Å². The maximum atomic E-state index is 13.1. The number of halogens is 3. The Labute approximate surface area is 192 Å². The molecule has 0 spiro atoms. The lowest BCUT2D eigenvalue weighted by Crippen LogP contribution is -2.51. The van der Waals surface area contributed by atoms with Gasteiger partial charge in [0.1, 0.15) is 17.6 Å². The lowest BCUT2D eigenvalue weighted by atomic mass is 10.1. The summed E-state index contributed by atoms with van der Waals surface area (Å²) in [6, 6.07) is 9.68. The van der Waals surface area contributed by atoms with Gasteiger partial charge in [0.25, 0.3) is 5.91 Å². The Morgan fingerprint density at radius 1 is 1.06 bits per heavy atom. The highest BCUT2D eigenvalue weighted by molar-refractivity contribution is 6.36. The van der Waals surface area contributed by atoms with Crippen molar-refractivity contribution in [2.24, 2.45) is 0 Å². The summed E-state index contributed by atoms with van der Waals surface area (Å²) < 4.78 is 18.6. The lowest BCUT2D eigenvalue weighted by Gasteiger charge is -2.31. The number of hydrogen-bond acceptors (Lipinski definition) is 3. The van der Waals surface area contributed by atoms with Crippen molar-refractivity contribution in [2.75, 3.05) is 6.61 Å². The second kappa shape index (κ2) is 11.9. The molecule has 0 bridgehead atoms. The van der Waals surface area contributed by atoms with Crippen LogP contribution in [0.3, 0.4) is 0 Å². The van der Waals surface area contributed by atoms with E-state index in [1.807, 2.05) is 20.8 Å². The van der Waals surface area contributed by atoms with Crippen LogP contribution >= 0.6 is 23.2 Å². The molecule has 0 unspecified atom stereocenters. The number of benzene rings is 2. The van der Waals surface area contributed by atoms with E-state index in [1.54, 1.807) is 18.2 Å². The maximum absolute atomic E-state index is 13.1. The summed E-state index contributed by atoms with van der Waals surface area (Å²) in [6.45, 7) is 5.43. The van der Waals surface area contributed by atoms with Gasteiger partial charge in [-0.1, -0.05) is 43.1 Å². The Morgan fingerprint density at radius 2 is 1.68 bits per heavy atom. The zero-order valence-electron chi connectivity index (χ0n) is 17.8. The number of rotatable bonds is 10. The van der Waals surface area contributed by atoms with Gasteiger partial charge in [-0.25, -0.2) is 4.39 Å². The summed E-state index contributed by atoms with van der Waals surface area (Å²) in [5.74, 6) is -0.717. The Bertz CT molecular complexity index is 873. The number of nitrogens with zero attached hydrogens (tertiary/aromatic N) is 1. The molecular formula is C23H27Cl2FN2O3. The maximum Gasteiger partial charge on any atom is 0.261 e. The van der Waals surface area contributed by atoms with Gasteiger partial charge >= 0.3 is 0 Å². The van der Waals surface area contributed by atoms with Crippen LogP contribution in [0.15, 0.2) is 42.5 Å². The molecule has 0 saturated carbocycles. The molecule has 0 aliphatic rings. The molecule has 2 rings (SSSR count). The van der Waals surface area contributed by atoms with Crippen LogP contribution < -0.4 is 10.1 Å². The normalized spacial score (nSPS) is 12.7. The quantitative estimate of drug-likeness (QED) is 0.518. The number of carbonyl (C=O) groups is 2. The molecule has 0 aromatic heterocycles. The number of amides is 2. The Morgan fingerprint density at radius 3 is 2.23 bits per heavy atom. The molecule has 0 fully saturated rings. The van der Waals surface area contributed by atoms with Gasteiger partial charge in [0, 0.05) is 28.2 Å². The minimum atomic E-state index is -0.731. The van der Waals surface area contributed by atoms with Gasteiger partial charge in [0.2, 0.25) is 5.91 Å². The highest BCUT2D eigenvalue weighted by Crippen LogP contribution is 2.27.